The van der Waals surface area contributed by atoms with Crippen LogP contribution in [0.4, 0.5) is 0 Å². The summed E-state index contributed by atoms with van der Waals surface area (Å²) in [6.07, 6.45) is 1.26. The molecule has 162 valence electrons. The first-order valence-corrected chi connectivity index (χ1v) is 9.73. The molecule has 0 aliphatic heterocycles. The molecule has 1 aromatic carbocycles. The number of nitrogens with one attached hydrogen (secondary N) is 2. The van der Waals surface area contributed by atoms with Crippen molar-refractivity contribution < 1.29 is 28.6 Å². The monoisotopic (exact) mass is 418 g/mol. The van der Waals surface area contributed by atoms with Crippen LogP contribution in [0, 0.1) is 5.92 Å². The number of carbonyl (C=O) groups excluding carboxylic acids is 2. The first-order chi connectivity index (χ1) is 14.2. The molecule has 30 heavy (non-hydrogen) atoms. The number of rotatable bonds is 10. The van der Waals surface area contributed by atoms with Gasteiger partial charge in [0.2, 0.25) is 5.91 Å². The van der Waals surface area contributed by atoms with Crippen molar-refractivity contribution in [3.05, 3.63) is 40.2 Å². The van der Waals surface area contributed by atoms with Crippen LogP contribution in [0.5, 0.6) is 5.75 Å². The zero-order valence-electron chi connectivity index (χ0n) is 17.2. The Hall–Kier alpha value is -3.36. The van der Waals surface area contributed by atoms with Gasteiger partial charge in [-0.2, -0.15) is 0 Å². The van der Waals surface area contributed by atoms with E-state index in [-0.39, 0.29) is 19.1 Å². The number of carbonyl (C=O) groups is 3. The smallest absolute Gasteiger partial charge is 0.336 e. The van der Waals surface area contributed by atoms with E-state index in [0.29, 0.717) is 24.2 Å². The van der Waals surface area contributed by atoms with Crippen LogP contribution in [-0.4, -0.2) is 42.1 Å². The number of hydrogen-bond donors (Lipinski definition) is 3. The van der Waals surface area contributed by atoms with E-state index in [0.717, 1.165) is 10.9 Å². The highest BCUT2D eigenvalue weighted by Crippen LogP contribution is 2.23. The molecule has 2 amide bonds. The number of carboxylic acid groups (broad SMARTS) is 1. The van der Waals surface area contributed by atoms with E-state index in [2.05, 4.69) is 10.6 Å². The van der Waals surface area contributed by atoms with Gasteiger partial charge in [0.05, 0.1) is 6.54 Å². The average molecular weight is 418 g/mol. The van der Waals surface area contributed by atoms with Crippen LogP contribution < -0.4 is 21.0 Å². The van der Waals surface area contributed by atoms with Crippen LogP contribution in [0.3, 0.4) is 0 Å². The first-order valence-electron chi connectivity index (χ1n) is 9.73. The van der Waals surface area contributed by atoms with Gasteiger partial charge < -0.3 is 24.9 Å². The van der Waals surface area contributed by atoms with Crippen molar-refractivity contribution >= 4 is 28.8 Å². The van der Waals surface area contributed by atoms with Gasteiger partial charge in [-0.25, -0.2) is 9.59 Å². The van der Waals surface area contributed by atoms with E-state index in [4.69, 9.17) is 9.15 Å². The summed E-state index contributed by atoms with van der Waals surface area (Å²) >= 11 is 0. The van der Waals surface area contributed by atoms with Gasteiger partial charge in [-0.15, -0.1) is 0 Å². The molecule has 0 unspecified atom stereocenters. The molecule has 0 aliphatic carbocycles. The normalized spacial score (nSPS) is 12.8. The van der Waals surface area contributed by atoms with Gasteiger partial charge in [-0.1, -0.05) is 27.2 Å². The summed E-state index contributed by atoms with van der Waals surface area (Å²) in [5, 5.41) is 14.8. The van der Waals surface area contributed by atoms with Crippen molar-refractivity contribution in [2.45, 2.75) is 39.7 Å². The van der Waals surface area contributed by atoms with Crippen molar-refractivity contribution in [1.82, 2.24) is 10.6 Å². The van der Waals surface area contributed by atoms with Crippen LogP contribution in [0.25, 0.3) is 11.0 Å². The van der Waals surface area contributed by atoms with Crippen LogP contribution in [-0.2, 0) is 20.8 Å². The highest BCUT2D eigenvalue weighted by Gasteiger charge is 2.25. The summed E-state index contributed by atoms with van der Waals surface area (Å²) < 4.78 is 10.6. The van der Waals surface area contributed by atoms with Crippen molar-refractivity contribution in [2.24, 2.45) is 5.92 Å². The van der Waals surface area contributed by atoms with Gasteiger partial charge >= 0.3 is 11.6 Å². The molecular weight excluding hydrogens is 392 g/mol. The molecule has 0 spiro atoms. The van der Waals surface area contributed by atoms with E-state index >= 15 is 0 Å². The molecular formula is C21H26N2O7. The summed E-state index contributed by atoms with van der Waals surface area (Å²) in [4.78, 5) is 46.7. The topological polar surface area (TPSA) is 135 Å². The Morgan fingerprint density at radius 1 is 1.17 bits per heavy atom. The largest absolute Gasteiger partial charge is 0.484 e. The Balaban J connectivity index is 1.89. The van der Waals surface area contributed by atoms with E-state index in [1.807, 2.05) is 13.8 Å². The molecule has 2 atom stereocenters. The zero-order valence-corrected chi connectivity index (χ0v) is 17.2. The maximum absolute atomic E-state index is 11.9. The minimum atomic E-state index is -1.12. The number of aryl methyl sites for hydroxylation is 1. The molecule has 0 radical (unpaired) electrons. The summed E-state index contributed by atoms with van der Waals surface area (Å²) in [7, 11) is 0. The number of aliphatic carboxylic acids is 1. The molecule has 0 saturated heterocycles. The van der Waals surface area contributed by atoms with Gasteiger partial charge in [0.25, 0.3) is 5.91 Å². The van der Waals surface area contributed by atoms with Crippen molar-refractivity contribution in [3.63, 3.8) is 0 Å². The predicted octanol–water partition coefficient (Wildman–Crippen LogP) is 1.47. The quantitative estimate of drug-likeness (QED) is 0.497. The third-order valence-electron chi connectivity index (χ3n) is 4.79. The molecule has 1 aromatic heterocycles. The standard InChI is InChI=1S/C21H26N2O7/c1-4-12(3)20(21(27)28)23-17(24)10-22-18(25)11-29-14-6-7-15-13(5-2)8-19(26)30-16(15)9-14/h6-9,12,20H,4-5,10-11H2,1-3H3,(H,22,25)(H,23,24)(H,27,28)/t12-,20-/m1/s1. The first kappa shape index (κ1) is 22.9. The molecule has 3 N–H and O–H groups in total. The lowest BCUT2D eigenvalue weighted by molar-refractivity contribution is -0.143. The lowest BCUT2D eigenvalue weighted by atomic mass is 9.99. The summed E-state index contributed by atoms with van der Waals surface area (Å²) in [5.41, 5.74) is 0.757. The van der Waals surface area contributed by atoms with Crippen molar-refractivity contribution in [3.8, 4) is 5.75 Å². The third kappa shape index (κ3) is 6.07. The molecule has 2 rings (SSSR count). The number of amides is 2. The third-order valence-corrected chi connectivity index (χ3v) is 4.79. The number of benzene rings is 1. The predicted molar refractivity (Wildman–Crippen MR) is 109 cm³/mol. The van der Waals surface area contributed by atoms with E-state index < -0.39 is 29.5 Å². The molecule has 0 saturated carbocycles. The van der Waals surface area contributed by atoms with Crippen LogP contribution in [0.15, 0.2) is 33.5 Å². The molecule has 0 fully saturated rings. The van der Waals surface area contributed by atoms with Gasteiger partial charge in [0.15, 0.2) is 6.61 Å². The fourth-order valence-electron chi connectivity index (χ4n) is 2.88. The SMILES string of the molecule is CCc1cc(=O)oc2cc(OCC(=O)NCC(=O)N[C@@H](C(=O)O)[C@H](C)CC)ccc12. The van der Waals surface area contributed by atoms with Crippen LogP contribution in [0.1, 0.15) is 32.8 Å². The summed E-state index contributed by atoms with van der Waals surface area (Å²) in [6, 6.07) is 5.36. The minimum absolute atomic E-state index is 0.244. The highest BCUT2D eigenvalue weighted by molar-refractivity contribution is 5.88. The van der Waals surface area contributed by atoms with Gasteiger partial charge in [0, 0.05) is 17.5 Å². The Morgan fingerprint density at radius 2 is 1.90 bits per heavy atom. The van der Waals surface area contributed by atoms with E-state index in [9.17, 15) is 24.3 Å². The summed E-state index contributed by atoms with van der Waals surface area (Å²) in [5.74, 6) is -2.19. The van der Waals surface area contributed by atoms with Crippen LogP contribution in [0.2, 0.25) is 0 Å². The maximum Gasteiger partial charge on any atom is 0.336 e. The second-order valence-corrected chi connectivity index (χ2v) is 6.94. The molecule has 2 aromatic rings. The highest BCUT2D eigenvalue weighted by atomic mass is 16.5. The molecule has 9 nitrogen and oxygen atoms in total. The maximum atomic E-state index is 11.9. The molecule has 0 bridgehead atoms. The summed E-state index contributed by atoms with van der Waals surface area (Å²) in [6.45, 7) is 4.76. The number of hydrogen-bond acceptors (Lipinski definition) is 6. The second kappa shape index (κ2) is 10.4. The number of carboxylic acids is 1. The van der Waals surface area contributed by atoms with Gasteiger partial charge in [0.1, 0.15) is 17.4 Å². The Labute approximate surface area is 173 Å². The number of ether oxygens (including phenoxy) is 1. The van der Waals surface area contributed by atoms with E-state index in [1.54, 1.807) is 19.1 Å². The lowest BCUT2D eigenvalue weighted by Gasteiger charge is -2.20. The minimum Gasteiger partial charge on any atom is -0.484 e. The van der Waals surface area contributed by atoms with Gasteiger partial charge in [-0.3, -0.25) is 9.59 Å². The fraction of sp³-hybridized carbons (Fsp3) is 0.429. The lowest BCUT2D eigenvalue weighted by Crippen LogP contribution is -2.48. The van der Waals surface area contributed by atoms with E-state index in [1.165, 1.54) is 12.1 Å². The zero-order chi connectivity index (χ0) is 22.3. The Morgan fingerprint density at radius 3 is 2.53 bits per heavy atom. The van der Waals surface area contributed by atoms with Crippen LogP contribution >= 0.6 is 0 Å². The molecule has 1 heterocycles. The Kier molecular flexibility index (Phi) is 7.97. The Bertz CT molecular complexity index is 983. The van der Waals surface area contributed by atoms with Crippen molar-refractivity contribution in [2.75, 3.05) is 13.2 Å². The van der Waals surface area contributed by atoms with Crippen molar-refractivity contribution in [1.29, 1.82) is 0 Å². The van der Waals surface area contributed by atoms with Gasteiger partial charge in [-0.05, 0) is 30.0 Å². The number of fused-ring (bicyclic) bond motifs is 1. The molecule has 9 heteroatoms. The average Bonchev–Trinajstić information content (AvgIpc) is 2.72. The second-order valence-electron chi connectivity index (χ2n) is 6.94. The fourth-order valence-corrected chi connectivity index (χ4v) is 2.88. The molecule has 0 aliphatic rings.